The second-order valence-corrected chi connectivity index (χ2v) is 5.68. The third-order valence-electron chi connectivity index (χ3n) is 3.70. The summed E-state index contributed by atoms with van der Waals surface area (Å²) in [5.41, 5.74) is 7.35. The van der Waals surface area contributed by atoms with Gasteiger partial charge in [0.15, 0.2) is 11.5 Å². The molecule has 0 aromatic heterocycles. The van der Waals surface area contributed by atoms with Crippen LogP contribution in [0.4, 0.5) is 0 Å². The summed E-state index contributed by atoms with van der Waals surface area (Å²) in [4.78, 5) is 23.1. The minimum atomic E-state index is -0.477. The number of hydrogen-bond donors (Lipinski definition) is 2. The Kier molecular flexibility index (Phi) is 7.43. The summed E-state index contributed by atoms with van der Waals surface area (Å²) in [5, 5.41) is 2.79. The molecule has 0 unspecified atom stereocenters. The number of nitrogens with one attached hydrogen (secondary N) is 1. The Hall–Kier alpha value is -3.28. The van der Waals surface area contributed by atoms with Crippen LogP contribution in [0.15, 0.2) is 48.5 Å². The zero-order chi connectivity index (χ0) is 19.6. The van der Waals surface area contributed by atoms with Gasteiger partial charge in [-0.05, 0) is 55.3 Å². The van der Waals surface area contributed by atoms with E-state index in [0.717, 1.165) is 11.1 Å². The first kappa shape index (κ1) is 20.0. The molecule has 0 heterocycles. The minimum absolute atomic E-state index is 0.221. The van der Waals surface area contributed by atoms with Gasteiger partial charge >= 0.3 is 0 Å². The van der Waals surface area contributed by atoms with Crippen molar-refractivity contribution in [2.24, 2.45) is 5.73 Å². The number of primary amides is 1. The van der Waals surface area contributed by atoms with Crippen molar-refractivity contribution in [1.29, 1.82) is 0 Å². The summed E-state index contributed by atoms with van der Waals surface area (Å²) in [5.74, 6) is 0.632. The number of hydrogen-bond acceptors (Lipinski definition) is 4. The van der Waals surface area contributed by atoms with Crippen molar-refractivity contribution in [1.82, 2.24) is 5.32 Å². The number of benzene rings is 2. The molecule has 0 bridgehead atoms. The monoisotopic (exact) mass is 368 g/mol. The number of amides is 2. The van der Waals surface area contributed by atoms with Crippen molar-refractivity contribution in [3.8, 4) is 11.5 Å². The van der Waals surface area contributed by atoms with E-state index in [2.05, 4.69) is 5.32 Å². The second-order valence-electron chi connectivity index (χ2n) is 5.68. The van der Waals surface area contributed by atoms with Crippen LogP contribution in [0.2, 0.25) is 0 Å². The average molecular weight is 368 g/mol. The molecule has 6 nitrogen and oxygen atoms in total. The number of carbonyl (C=O) groups is 2. The molecule has 0 atom stereocenters. The largest absolute Gasteiger partial charge is 0.490 e. The van der Waals surface area contributed by atoms with Gasteiger partial charge in [0.1, 0.15) is 0 Å². The Balaban J connectivity index is 1.95. The molecular formula is C21H24N2O4. The molecule has 0 spiro atoms. The standard InChI is InChI=1S/C21H24N2O4/c1-3-26-18-11-7-15(13-19(18)27-4-2)8-12-20(24)23-14-16-5-9-17(10-6-16)21(22)25/h5-13H,3-4,14H2,1-2H3,(H2,22,25)(H,23,24)/b12-8+. The summed E-state index contributed by atoms with van der Waals surface area (Å²) >= 11 is 0. The SMILES string of the molecule is CCOc1ccc(/C=C/C(=O)NCc2ccc(C(N)=O)cc2)cc1OCC. The number of carbonyl (C=O) groups excluding carboxylic acids is 2. The van der Waals surface area contributed by atoms with E-state index >= 15 is 0 Å². The second kappa shape index (κ2) is 10.0. The molecule has 2 rings (SSSR count). The first-order valence-corrected chi connectivity index (χ1v) is 8.77. The Morgan fingerprint density at radius 2 is 1.67 bits per heavy atom. The Morgan fingerprint density at radius 1 is 1.00 bits per heavy atom. The van der Waals surface area contributed by atoms with E-state index in [1.54, 1.807) is 30.3 Å². The van der Waals surface area contributed by atoms with Crippen LogP contribution >= 0.6 is 0 Å². The summed E-state index contributed by atoms with van der Waals surface area (Å²) in [6.45, 7) is 5.26. The van der Waals surface area contributed by atoms with Gasteiger partial charge in [0.05, 0.1) is 13.2 Å². The zero-order valence-electron chi connectivity index (χ0n) is 15.5. The molecule has 2 aromatic rings. The fourth-order valence-electron chi connectivity index (χ4n) is 2.38. The van der Waals surface area contributed by atoms with Crippen LogP contribution in [-0.4, -0.2) is 25.0 Å². The predicted octanol–water partition coefficient (Wildman–Crippen LogP) is 2.91. The van der Waals surface area contributed by atoms with Gasteiger partial charge in [-0.1, -0.05) is 18.2 Å². The van der Waals surface area contributed by atoms with Gasteiger partial charge in [-0.3, -0.25) is 9.59 Å². The van der Waals surface area contributed by atoms with Gasteiger partial charge in [-0.25, -0.2) is 0 Å². The van der Waals surface area contributed by atoms with E-state index in [-0.39, 0.29) is 5.91 Å². The van der Waals surface area contributed by atoms with Crippen molar-refractivity contribution < 1.29 is 19.1 Å². The lowest BCUT2D eigenvalue weighted by Crippen LogP contribution is -2.20. The third kappa shape index (κ3) is 6.18. The molecule has 0 saturated carbocycles. The molecule has 3 N–H and O–H groups in total. The quantitative estimate of drug-likeness (QED) is 0.666. The maximum atomic E-state index is 12.0. The van der Waals surface area contributed by atoms with Crippen LogP contribution in [0.5, 0.6) is 11.5 Å². The fourth-order valence-corrected chi connectivity index (χ4v) is 2.38. The minimum Gasteiger partial charge on any atom is -0.490 e. The Bertz CT molecular complexity index is 813. The summed E-state index contributed by atoms with van der Waals surface area (Å²) in [7, 11) is 0. The highest BCUT2D eigenvalue weighted by molar-refractivity contribution is 5.93. The van der Waals surface area contributed by atoms with E-state index in [4.69, 9.17) is 15.2 Å². The van der Waals surface area contributed by atoms with Crippen LogP contribution in [0.1, 0.15) is 35.3 Å². The molecule has 0 saturated heterocycles. The average Bonchev–Trinajstić information content (AvgIpc) is 2.67. The van der Waals surface area contributed by atoms with E-state index in [1.807, 2.05) is 32.0 Å². The smallest absolute Gasteiger partial charge is 0.248 e. The summed E-state index contributed by atoms with van der Waals surface area (Å²) in [6.07, 6.45) is 3.17. The van der Waals surface area contributed by atoms with Crippen LogP contribution < -0.4 is 20.5 Å². The molecular weight excluding hydrogens is 344 g/mol. The van der Waals surface area contributed by atoms with E-state index in [9.17, 15) is 9.59 Å². The Morgan fingerprint density at radius 3 is 2.30 bits per heavy atom. The van der Waals surface area contributed by atoms with Crippen molar-refractivity contribution in [3.05, 3.63) is 65.2 Å². The van der Waals surface area contributed by atoms with Crippen LogP contribution in [0.3, 0.4) is 0 Å². The number of nitrogens with two attached hydrogens (primary N) is 1. The van der Waals surface area contributed by atoms with Crippen LogP contribution in [0, 0.1) is 0 Å². The number of rotatable bonds is 9. The molecule has 0 aliphatic heterocycles. The van der Waals surface area contributed by atoms with Crippen LogP contribution in [0.25, 0.3) is 6.08 Å². The van der Waals surface area contributed by atoms with Gasteiger partial charge in [-0.2, -0.15) is 0 Å². The van der Waals surface area contributed by atoms with Crippen LogP contribution in [-0.2, 0) is 11.3 Å². The highest BCUT2D eigenvalue weighted by Gasteiger charge is 2.05. The molecule has 0 radical (unpaired) electrons. The highest BCUT2D eigenvalue weighted by Crippen LogP contribution is 2.28. The molecule has 142 valence electrons. The van der Waals surface area contributed by atoms with Gasteiger partial charge in [0.25, 0.3) is 0 Å². The van der Waals surface area contributed by atoms with Gasteiger partial charge in [-0.15, -0.1) is 0 Å². The molecule has 27 heavy (non-hydrogen) atoms. The topological polar surface area (TPSA) is 90.6 Å². The third-order valence-corrected chi connectivity index (χ3v) is 3.70. The molecule has 2 amide bonds. The zero-order valence-corrected chi connectivity index (χ0v) is 15.5. The first-order valence-electron chi connectivity index (χ1n) is 8.77. The maximum absolute atomic E-state index is 12.0. The van der Waals surface area contributed by atoms with Crippen molar-refractivity contribution in [2.45, 2.75) is 20.4 Å². The molecule has 6 heteroatoms. The summed E-state index contributed by atoms with van der Waals surface area (Å²) < 4.78 is 11.1. The highest BCUT2D eigenvalue weighted by atomic mass is 16.5. The molecule has 0 fully saturated rings. The van der Waals surface area contributed by atoms with Gasteiger partial charge in [0, 0.05) is 18.2 Å². The normalized spacial score (nSPS) is 10.6. The van der Waals surface area contributed by atoms with Crippen molar-refractivity contribution in [3.63, 3.8) is 0 Å². The lowest BCUT2D eigenvalue weighted by molar-refractivity contribution is -0.116. The molecule has 0 aliphatic rings. The van der Waals surface area contributed by atoms with Crippen molar-refractivity contribution >= 4 is 17.9 Å². The van der Waals surface area contributed by atoms with Crippen molar-refractivity contribution in [2.75, 3.05) is 13.2 Å². The lowest BCUT2D eigenvalue weighted by Gasteiger charge is -2.11. The number of ether oxygens (including phenoxy) is 2. The molecule has 0 aliphatic carbocycles. The van der Waals surface area contributed by atoms with E-state index in [0.29, 0.717) is 36.8 Å². The molecule has 2 aromatic carbocycles. The maximum Gasteiger partial charge on any atom is 0.248 e. The Labute approximate surface area is 159 Å². The summed E-state index contributed by atoms with van der Waals surface area (Å²) in [6, 6.07) is 12.3. The van der Waals surface area contributed by atoms with E-state index < -0.39 is 5.91 Å². The lowest BCUT2D eigenvalue weighted by atomic mass is 10.1. The van der Waals surface area contributed by atoms with E-state index in [1.165, 1.54) is 6.08 Å². The van der Waals surface area contributed by atoms with Gasteiger partial charge < -0.3 is 20.5 Å². The predicted molar refractivity (Wildman–Crippen MR) is 105 cm³/mol. The fraction of sp³-hybridized carbons (Fsp3) is 0.238. The van der Waals surface area contributed by atoms with Gasteiger partial charge in [0.2, 0.25) is 11.8 Å². The first-order chi connectivity index (χ1) is 13.0.